The number of halogens is 1. The Bertz CT molecular complexity index is 1710. The van der Waals surface area contributed by atoms with Crippen LogP contribution in [0.4, 0.5) is 5.69 Å². The van der Waals surface area contributed by atoms with Crippen molar-refractivity contribution in [2.75, 3.05) is 26.1 Å². The van der Waals surface area contributed by atoms with Gasteiger partial charge in [-0.1, -0.05) is 47.2 Å². The van der Waals surface area contributed by atoms with Crippen molar-refractivity contribution in [3.63, 3.8) is 0 Å². The van der Waals surface area contributed by atoms with Crippen LogP contribution >= 0.6 is 22.9 Å². The van der Waals surface area contributed by atoms with Gasteiger partial charge in [-0.05, 0) is 48.9 Å². The second-order valence-corrected chi connectivity index (χ2v) is 10.2. The minimum absolute atomic E-state index is 0.264. The van der Waals surface area contributed by atoms with Crippen molar-refractivity contribution in [3.05, 3.63) is 108 Å². The maximum Gasteiger partial charge on any atom is 0.338 e. The number of nitrogens with zero attached hydrogens (tertiary/aromatic N) is 3. The normalized spacial score (nSPS) is 15.4. The van der Waals surface area contributed by atoms with Crippen LogP contribution in [0.15, 0.2) is 86.1 Å². The van der Waals surface area contributed by atoms with Gasteiger partial charge in [0.1, 0.15) is 11.5 Å². The highest BCUT2D eigenvalue weighted by Gasteiger charge is 2.33. The number of rotatable bonds is 5. The van der Waals surface area contributed by atoms with Gasteiger partial charge in [-0.3, -0.25) is 9.36 Å². The maximum absolute atomic E-state index is 13.7. The SMILES string of the molecule is COC(=O)C1=C(C)N=c2s/c(=C/c3ccc(-c4cccc(Cl)c4)o3)c(=O)n2[C@H]1c1ccc(N(C)C)cc1. The van der Waals surface area contributed by atoms with Crippen LogP contribution in [-0.4, -0.2) is 31.7 Å². The zero-order valence-electron chi connectivity index (χ0n) is 20.7. The number of furan rings is 1. The lowest BCUT2D eigenvalue weighted by Crippen LogP contribution is -2.39. The first-order valence-corrected chi connectivity index (χ1v) is 12.7. The summed E-state index contributed by atoms with van der Waals surface area (Å²) in [6.07, 6.45) is 1.70. The van der Waals surface area contributed by atoms with Crippen molar-refractivity contribution in [1.82, 2.24) is 4.57 Å². The van der Waals surface area contributed by atoms with Gasteiger partial charge in [-0.25, -0.2) is 9.79 Å². The first kappa shape index (κ1) is 24.8. The number of esters is 1. The van der Waals surface area contributed by atoms with E-state index < -0.39 is 12.0 Å². The van der Waals surface area contributed by atoms with Crippen molar-refractivity contribution in [2.24, 2.45) is 4.99 Å². The number of methoxy groups -OCH3 is 1. The lowest BCUT2D eigenvalue weighted by Gasteiger charge is -2.25. The highest BCUT2D eigenvalue weighted by Crippen LogP contribution is 2.31. The molecule has 0 aliphatic carbocycles. The van der Waals surface area contributed by atoms with Crippen molar-refractivity contribution >= 4 is 40.7 Å². The molecule has 1 aliphatic heterocycles. The van der Waals surface area contributed by atoms with Crippen molar-refractivity contribution < 1.29 is 13.9 Å². The van der Waals surface area contributed by atoms with Crippen LogP contribution in [0, 0.1) is 0 Å². The van der Waals surface area contributed by atoms with Crippen LogP contribution in [0.5, 0.6) is 0 Å². The Balaban J connectivity index is 1.63. The molecule has 37 heavy (non-hydrogen) atoms. The number of benzene rings is 2. The predicted octanol–water partition coefficient (Wildman–Crippen LogP) is 4.39. The standard InChI is InChI=1S/C28H24ClN3O4S/c1-16-24(27(34)35-4)25(17-8-10-20(11-9-17)31(2)3)32-26(33)23(37-28(32)30-16)15-21-12-13-22(36-21)18-6-5-7-19(29)14-18/h5-15,25H,1-4H3/b23-15+/t25-/m0/s1. The fraction of sp³-hybridized carbons (Fsp3) is 0.179. The summed E-state index contributed by atoms with van der Waals surface area (Å²) in [6, 6.07) is 18.1. The molecular formula is C28H24ClN3O4S. The van der Waals surface area contributed by atoms with Gasteiger partial charge >= 0.3 is 5.97 Å². The second kappa shape index (κ2) is 9.88. The molecule has 9 heteroatoms. The zero-order chi connectivity index (χ0) is 26.3. The lowest BCUT2D eigenvalue weighted by molar-refractivity contribution is -0.136. The lowest BCUT2D eigenvalue weighted by atomic mass is 9.95. The molecule has 0 unspecified atom stereocenters. The topological polar surface area (TPSA) is 77.0 Å². The van der Waals surface area contributed by atoms with Crippen molar-refractivity contribution in [2.45, 2.75) is 13.0 Å². The van der Waals surface area contributed by atoms with E-state index in [1.807, 2.05) is 67.5 Å². The Morgan fingerprint density at radius 3 is 2.59 bits per heavy atom. The zero-order valence-corrected chi connectivity index (χ0v) is 22.3. The summed E-state index contributed by atoms with van der Waals surface area (Å²) in [4.78, 5) is 33.6. The molecule has 3 heterocycles. The molecular weight excluding hydrogens is 510 g/mol. The Morgan fingerprint density at radius 1 is 1.16 bits per heavy atom. The van der Waals surface area contributed by atoms with Crippen molar-refractivity contribution in [3.8, 4) is 11.3 Å². The quantitative estimate of drug-likeness (QED) is 0.356. The van der Waals surface area contributed by atoms with Gasteiger partial charge in [0.05, 0.1) is 29.0 Å². The maximum atomic E-state index is 13.7. The van der Waals surface area contributed by atoms with Crippen LogP contribution in [0.3, 0.4) is 0 Å². The smallest absolute Gasteiger partial charge is 0.338 e. The molecule has 0 spiro atoms. The first-order chi connectivity index (χ1) is 17.8. The van der Waals surface area contributed by atoms with Crippen LogP contribution in [0.25, 0.3) is 17.4 Å². The number of hydrogen-bond acceptors (Lipinski definition) is 7. The fourth-order valence-electron chi connectivity index (χ4n) is 4.32. The largest absolute Gasteiger partial charge is 0.466 e. The third-order valence-corrected chi connectivity index (χ3v) is 7.38. The number of anilines is 1. The monoisotopic (exact) mass is 533 g/mol. The van der Waals surface area contributed by atoms with Gasteiger partial charge in [-0.2, -0.15) is 0 Å². The van der Waals surface area contributed by atoms with Gasteiger partial charge < -0.3 is 14.1 Å². The van der Waals surface area contributed by atoms with E-state index in [0.717, 1.165) is 16.8 Å². The molecule has 7 nitrogen and oxygen atoms in total. The first-order valence-electron chi connectivity index (χ1n) is 11.5. The number of aromatic nitrogens is 1. The predicted molar refractivity (Wildman–Crippen MR) is 146 cm³/mol. The molecule has 0 bridgehead atoms. The molecule has 2 aromatic heterocycles. The Kier molecular flexibility index (Phi) is 6.62. The third kappa shape index (κ3) is 4.65. The van der Waals surface area contributed by atoms with Gasteiger partial charge in [0.25, 0.3) is 5.56 Å². The molecule has 0 radical (unpaired) electrons. The minimum Gasteiger partial charge on any atom is -0.466 e. The summed E-state index contributed by atoms with van der Waals surface area (Å²) >= 11 is 7.36. The fourth-order valence-corrected chi connectivity index (χ4v) is 5.54. The van der Waals surface area contributed by atoms with Crippen LogP contribution < -0.4 is 19.8 Å². The van der Waals surface area contributed by atoms with Crippen molar-refractivity contribution in [1.29, 1.82) is 0 Å². The summed E-state index contributed by atoms with van der Waals surface area (Å²) in [5.74, 6) is 0.648. The summed E-state index contributed by atoms with van der Waals surface area (Å²) in [6.45, 7) is 1.76. The number of ether oxygens (including phenoxy) is 1. The molecule has 0 fully saturated rings. The highest BCUT2D eigenvalue weighted by atomic mass is 35.5. The number of hydrogen-bond donors (Lipinski definition) is 0. The van der Waals surface area contributed by atoms with Crippen LogP contribution in [-0.2, 0) is 9.53 Å². The van der Waals surface area contributed by atoms with E-state index >= 15 is 0 Å². The summed E-state index contributed by atoms with van der Waals surface area (Å²) in [7, 11) is 5.23. The van der Waals surface area contributed by atoms with E-state index in [4.69, 9.17) is 20.8 Å². The van der Waals surface area contributed by atoms with Gasteiger partial charge in [0.15, 0.2) is 4.80 Å². The average molecular weight is 534 g/mol. The Hall–Kier alpha value is -3.88. The molecule has 0 saturated carbocycles. The van der Waals surface area contributed by atoms with E-state index in [1.54, 1.807) is 29.7 Å². The molecule has 5 rings (SSSR count). The summed E-state index contributed by atoms with van der Waals surface area (Å²) in [5.41, 5.74) is 3.22. The average Bonchev–Trinajstić information content (AvgIpc) is 3.47. The van der Waals surface area contributed by atoms with E-state index in [1.165, 1.54) is 18.4 Å². The Morgan fingerprint density at radius 2 is 1.92 bits per heavy atom. The molecule has 1 aliphatic rings. The molecule has 0 amide bonds. The molecule has 2 aromatic carbocycles. The number of carbonyl (C=O) groups is 1. The Labute approximate surface area is 222 Å². The number of fused-ring (bicyclic) bond motifs is 1. The number of thiazole rings is 1. The van der Waals surface area contributed by atoms with Crippen LogP contribution in [0.1, 0.15) is 24.3 Å². The summed E-state index contributed by atoms with van der Waals surface area (Å²) in [5, 5.41) is 0.610. The molecule has 4 aromatic rings. The molecule has 0 saturated heterocycles. The van der Waals surface area contributed by atoms with Crippen LogP contribution in [0.2, 0.25) is 5.02 Å². The third-order valence-electron chi connectivity index (χ3n) is 6.16. The van der Waals surface area contributed by atoms with E-state index in [2.05, 4.69) is 4.99 Å². The van der Waals surface area contributed by atoms with E-state index in [-0.39, 0.29) is 5.56 Å². The van der Waals surface area contributed by atoms with Gasteiger partial charge in [0.2, 0.25) is 0 Å². The van der Waals surface area contributed by atoms with E-state index in [0.29, 0.717) is 37.1 Å². The van der Waals surface area contributed by atoms with E-state index in [9.17, 15) is 9.59 Å². The second-order valence-electron chi connectivity index (χ2n) is 8.77. The number of allylic oxidation sites excluding steroid dienone is 1. The molecule has 1 atom stereocenters. The van der Waals surface area contributed by atoms with Gasteiger partial charge in [0, 0.05) is 36.4 Å². The molecule has 0 N–H and O–H groups in total. The highest BCUT2D eigenvalue weighted by molar-refractivity contribution is 7.07. The van der Waals surface area contributed by atoms with Gasteiger partial charge in [-0.15, -0.1) is 0 Å². The molecule has 188 valence electrons. The number of carbonyl (C=O) groups excluding carboxylic acids is 1. The summed E-state index contributed by atoms with van der Waals surface area (Å²) < 4.78 is 13.1. The minimum atomic E-state index is -0.666.